The zero-order valence-corrected chi connectivity index (χ0v) is 11.2. The molecule has 0 fully saturated rings. The van der Waals surface area contributed by atoms with Crippen LogP contribution >= 0.6 is 15.9 Å². The Morgan fingerprint density at radius 2 is 1.28 bits per heavy atom. The predicted molar refractivity (Wildman–Crippen MR) is 77.3 cm³/mol. The van der Waals surface area contributed by atoms with Crippen molar-refractivity contribution in [3.8, 4) is 22.5 Å². The standard InChI is InChI=1S/C16H11BrO/c17-16-14(12-7-3-1-4-8-12)11-15(18-16)13-9-5-2-6-10-13/h1-11H. The molecule has 18 heavy (non-hydrogen) atoms. The summed E-state index contributed by atoms with van der Waals surface area (Å²) < 4.78 is 6.54. The molecule has 0 atom stereocenters. The maximum Gasteiger partial charge on any atom is 0.177 e. The largest absolute Gasteiger partial charge is 0.449 e. The monoisotopic (exact) mass is 298 g/mol. The predicted octanol–water partition coefficient (Wildman–Crippen LogP) is 5.38. The van der Waals surface area contributed by atoms with Crippen LogP contribution in [0.2, 0.25) is 0 Å². The summed E-state index contributed by atoms with van der Waals surface area (Å²) in [5, 5.41) is 0. The van der Waals surface area contributed by atoms with E-state index >= 15 is 0 Å². The number of hydrogen-bond donors (Lipinski definition) is 0. The molecule has 3 rings (SSSR count). The van der Waals surface area contributed by atoms with E-state index in [1.54, 1.807) is 0 Å². The fourth-order valence-corrected chi connectivity index (χ4v) is 2.45. The van der Waals surface area contributed by atoms with E-state index in [1.165, 1.54) is 0 Å². The topological polar surface area (TPSA) is 13.1 Å². The van der Waals surface area contributed by atoms with Gasteiger partial charge in [-0.25, -0.2) is 0 Å². The Hall–Kier alpha value is -1.80. The molecule has 0 amide bonds. The molecule has 1 heterocycles. The molecular formula is C16H11BrO. The zero-order chi connectivity index (χ0) is 12.4. The third-order valence-electron chi connectivity index (χ3n) is 2.83. The minimum absolute atomic E-state index is 0.771. The van der Waals surface area contributed by atoms with Crippen molar-refractivity contribution >= 4 is 15.9 Å². The Bertz CT molecular complexity index is 641. The van der Waals surface area contributed by atoms with Crippen molar-refractivity contribution in [3.63, 3.8) is 0 Å². The first-order chi connectivity index (χ1) is 8.84. The molecule has 0 aliphatic rings. The Labute approximate surface area is 114 Å². The first kappa shape index (κ1) is 11.3. The third kappa shape index (κ3) is 2.12. The molecule has 0 bridgehead atoms. The second kappa shape index (κ2) is 4.83. The first-order valence-corrected chi connectivity index (χ1v) is 6.54. The van der Waals surface area contributed by atoms with Crippen LogP contribution in [0.15, 0.2) is 75.8 Å². The van der Waals surface area contributed by atoms with E-state index in [1.807, 2.05) is 48.5 Å². The van der Waals surface area contributed by atoms with E-state index in [4.69, 9.17) is 4.42 Å². The highest BCUT2D eigenvalue weighted by Crippen LogP contribution is 2.35. The van der Waals surface area contributed by atoms with Gasteiger partial charge in [0.15, 0.2) is 4.67 Å². The molecule has 0 spiro atoms. The molecule has 0 aliphatic carbocycles. The molecule has 0 aliphatic heterocycles. The van der Waals surface area contributed by atoms with Crippen molar-refractivity contribution in [3.05, 3.63) is 71.4 Å². The lowest BCUT2D eigenvalue weighted by atomic mass is 10.1. The van der Waals surface area contributed by atoms with Crippen LogP contribution in [0.3, 0.4) is 0 Å². The second-order valence-electron chi connectivity index (χ2n) is 4.03. The Morgan fingerprint density at radius 3 is 1.89 bits per heavy atom. The fraction of sp³-hybridized carbons (Fsp3) is 0. The van der Waals surface area contributed by atoms with Crippen LogP contribution < -0.4 is 0 Å². The quantitative estimate of drug-likeness (QED) is 0.619. The Kier molecular flexibility index (Phi) is 3.03. The van der Waals surface area contributed by atoms with Crippen molar-refractivity contribution in [1.82, 2.24) is 0 Å². The summed E-state index contributed by atoms with van der Waals surface area (Å²) in [7, 11) is 0. The van der Waals surface area contributed by atoms with Crippen molar-refractivity contribution in [2.75, 3.05) is 0 Å². The smallest absolute Gasteiger partial charge is 0.177 e. The van der Waals surface area contributed by atoms with Crippen molar-refractivity contribution < 1.29 is 4.42 Å². The first-order valence-electron chi connectivity index (χ1n) is 5.75. The molecule has 0 N–H and O–H groups in total. The summed E-state index contributed by atoms with van der Waals surface area (Å²) in [4.78, 5) is 0. The highest BCUT2D eigenvalue weighted by atomic mass is 79.9. The summed E-state index contributed by atoms with van der Waals surface area (Å²) in [6.45, 7) is 0. The van der Waals surface area contributed by atoms with E-state index in [-0.39, 0.29) is 0 Å². The lowest BCUT2D eigenvalue weighted by Gasteiger charge is -1.95. The highest BCUT2D eigenvalue weighted by molar-refractivity contribution is 9.10. The van der Waals surface area contributed by atoms with Gasteiger partial charge in [0.1, 0.15) is 5.76 Å². The molecule has 0 saturated carbocycles. The van der Waals surface area contributed by atoms with Gasteiger partial charge in [-0.1, -0.05) is 60.7 Å². The van der Waals surface area contributed by atoms with E-state index in [9.17, 15) is 0 Å². The summed E-state index contributed by atoms with van der Waals surface area (Å²) in [5.41, 5.74) is 3.31. The van der Waals surface area contributed by atoms with Gasteiger partial charge >= 0.3 is 0 Å². The van der Waals surface area contributed by atoms with Gasteiger partial charge in [0.25, 0.3) is 0 Å². The normalized spacial score (nSPS) is 10.5. The van der Waals surface area contributed by atoms with Crippen LogP contribution in [-0.4, -0.2) is 0 Å². The average molecular weight is 299 g/mol. The van der Waals surface area contributed by atoms with Crippen molar-refractivity contribution in [2.24, 2.45) is 0 Å². The average Bonchev–Trinajstić information content (AvgIpc) is 2.83. The Balaban J connectivity index is 2.07. The van der Waals surface area contributed by atoms with Gasteiger partial charge in [-0.3, -0.25) is 0 Å². The maximum atomic E-state index is 5.77. The van der Waals surface area contributed by atoms with E-state index < -0.39 is 0 Å². The number of rotatable bonds is 2. The molecule has 2 heteroatoms. The number of benzene rings is 2. The molecule has 1 aromatic heterocycles. The molecule has 1 nitrogen and oxygen atoms in total. The molecular weight excluding hydrogens is 288 g/mol. The van der Waals surface area contributed by atoms with Crippen LogP contribution in [0.1, 0.15) is 0 Å². The number of hydrogen-bond acceptors (Lipinski definition) is 1. The van der Waals surface area contributed by atoms with Crippen molar-refractivity contribution in [2.45, 2.75) is 0 Å². The summed E-state index contributed by atoms with van der Waals surface area (Å²) in [6.07, 6.45) is 0. The molecule has 0 radical (unpaired) electrons. The van der Waals surface area contributed by atoms with Crippen LogP contribution in [0.4, 0.5) is 0 Å². The minimum Gasteiger partial charge on any atom is -0.449 e. The highest BCUT2D eigenvalue weighted by Gasteiger charge is 2.11. The Morgan fingerprint density at radius 1 is 0.722 bits per heavy atom. The van der Waals surface area contributed by atoms with Gasteiger partial charge in [-0.05, 0) is 27.6 Å². The third-order valence-corrected chi connectivity index (χ3v) is 3.42. The van der Waals surface area contributed by atoms with Crippen LogP contribution in [0.25, 0.3) is 22.5 Å². The SMILES string of the molecule is Brc1oc(-c2ccccc2)cc1-c1ccccc1. The summed E-state index contributed by atoms with van der Waals surface area (Å²) in [5.74, 6) is 0.876. The molecule has 88 valence electrons. The van der Waals surface area contributed by atoms with Gasteiger partial charge in [-0.15, -0.1) is 0 Å². The molecule has 0 unspecified atom stereocenters. The van der Waals surface area contributed by atoms with Crippen molar-refractivity contribution in [1.29, 1.82) is 0 Å². The fourth-order valence-electron chi connectivity index (χ4n) is 1.93. The van der Waals surface area contributed by atoms with E-state index in [0.717, 1.165) is 27.1 Å². The molecule has 0 saturated heterocycles. The lowest BCUT2D eigenvalue weighted by Crippen LogP contribution is -1.73. The van der Waals surface area contributed by atoms with Gasteiger partial charge < -0.3 is 4.42 Å². The number of furan rings is 1. The van der Waals surface area contributed by atoms with Crippen LogP contribution in [0.5, 0.6) is 0 Å². The second-order valence-corrected chi connectivity index (χ2v) is 4.75. The minimum atomic E-state index is 0.771. The van der Waals surface area contributed by atoms with Gasteiger partial charge in [0, 0.05) is 11.1 Å². The summed E-state index contributed by atoms with van der Waals surface area (Å²) >= 11 is 3.48. The maximum absolute atomic E-state index is 5.77. The van der Waals surface area contributed by atoms with Gasteiger partial charge in [0.05, 0.1) is 0 Å². The van der Waals surface area contributed by atoms with Crippen LogP contribution in [0, 0.1) is 0 Å². The van der Waals surface area contributed by atoms with Crippen LogP contribution in [-0.2, 0) is 0 Å². The summed E-state index contributed by atoms with van der Waals surface area (Å²) in [6, 6.07) is 22.4. The molecule has 2 aromatic carbocycles. The van der Waals surface area contributed by atoms with E-state index in [0.29, 0.717) is 0 Å². The lowest BCUT2D eigenvalue weighted by molar-refractivity contribution is 0.557. The van der Waals surface area contributed by atoms with Gasteiger partial charge in [-0.2, -0.15) is 0 Å². The zero-order valence-electron chi connectivity index (χ0n) is 9.64. The van der Waals surface area contributed by atoms with Gasteiger partial charge in [0.2, 0.25) is 0 Å². The molecule has 3 aromatic rings. The van der Waals surface area contributed by atoms with E-state index in [2.05, 4.69) is 34.1 Å². The number of halogens is 1.